The zero-order valence-electron chi connectivity index (χ0n) is 31.5. The van der Waals surface area contributed by atoms with Crippen LogP contribution in [0, 0.1) is 23.4 Å². The van der Waals surface area contributed by atoms with E-state index in [0.29, 0.717) is 63.9 Å². The van der Waals surface area contributed by atoms with E-state index < -0.39 is 16.1 Å². The first-order valence-electron chi connectivity index (χ1n) is 16.7. The van der Waals surface area contributed by atoms with Crippen LogP contribution in [0.5, 0.6) is 0 Å². The average Bonchev–Trinajstić information content (AvgIpc) is 3.62. The fourth-order valence-corrected chi connectivity index (χ4v) is 16.9. The summed E-state index contributed by atoms with van der Waals surface area (Å²) in [6.07, 6.45) is 12.2. The third-order valence-electron chi connectivity index (χ3n) is 8.65. The van der Waals surface area contributed by atoms with E-state index in [2.05, 4.69) is 128 Å². The number of aldehydes is 2. The number of carbonyl (C=O) groups excluding carboxylic acids is 3. The largest absolute Gasteiger partial charge is 0.466 e. The molecule has 2 heterocycles. The molecule has 47 heavy (non-hydrogen) atoms. The maximum Gasteiger partial charge on any atom is 0.302 e. The molecule has 0 amide bonds. The molecule has 0 saturated heterocycles. The Morgan fingerprint density at radius 3 is 1.49 bits per heavy atom. The summed E-state index contributed by atoms with van der Waals surface area (Å²) in [5.74, 6) is 3.75. The molecular weight excluding hydrogens is 688 g/mol. The quantitative estimate of drug-likeness (QED) is 0.0747. The molecule has 2 rings (SSSR count). The summed E-state index contributed by atoms with van der Waals surface area (Å²) in [7, 11) is -3.18. The molecular formula is C38H61BrO6Si2. The second kappa shape index (κ2) is 23.7. The predicted octanol–water partition coefficient (Wildman–Crippen LogP) is 11.7. The van der Waals surface area contributed by atoms with E-state index >= 15 is 0 Å². The zero-order valence-corrected chi connectivity index (χ0v) is 35.0. The number of furan rings is 2. The van der Waals surface area contributed by atoms with Crippen LogP contribution in [0.4, 0.5) is 0 Å². The van der Waals surface area contributed by atoms with Gasteiger partial charge in [-0.1, -0.05) is 102 Å². The van der Waals surface area contributed by atoms with Crippen molar-refractivity contribution >= 4 is 50.6 Å². The van der Waals surface area contributed by atoms with Gasteiger partial charge < -0.3 is 13.6 Å². The Balaban J connectivity index is 0. The van der Waals surface area contributed by atoms with E-state index in [1.54, 1.807) is 18.4 Å². The molecule has 0 bridgehead atoms. The molecule has 0 N–H and O–H groups in total. The minimum Gasteiger partial charge on any atom is -0.466 e. The fraction of sp³-hybridized carbons (Fsp3) is 0.605. The topological polar surface area (TPSA) is 86.7 Å². The highest BCUT2D eigenvalue weighted by molar-refractivity contribution is 9.10. The Morgan fingerprint density at radius 1 is 0.809 bits per heavy atom. The van der Waals surface area contributed by atoms with Gasteiger partial charge in [0.1, 0.15) is 28.7 Å². The van der Waals surface area contributed by atoms with E-state index in [4.69, 9.17) is 15.3 Å². The summed E-state index contributed by atoms with van der Waals surface area (Å²) < 4.78 is 15.2. The standard InChI is InChI=1S/C16H24O2Si.C11H22Si.C6H12O2.C5H3BrO2/c1-12(2)19(13(3)4,14(5)6)8-7-15-9-16(10-17)18-11-15;1-8-12(9(2)3,10(4)5)11(6)7;1-3-4-5-8-6(2)7;6-4-1-5(2-7)8-3-4/h9-14H,1-6H3;1,9-11H,2-7H3;3-5H2,1-2H3;1-3H. The van der Waals surface area contributed by atoms with Gasteiger partial charge in [-0.2, -0.15) is 0 Å². The molecule has 2 aromatic heterocycles. The maximum absolute atomic E-state index is 10.6. The minimum atomic E-state index is -1.70. The van der Waals surface area contributed by atoms with Crippen molar-refractivity contribution in [2.75, 3.05) is 6.61 Å². The number of terminal acetylenes is 1. The molecule has 0 aliphatic heterocycles. The molecule has 9 heteroatoms. The number of halogens is 1. The Hall–Kier alpha value is -2.60. The number of hydrogen-bond acceptors (Lipinski definition) is 6. The van der Waals surface area contributed by atoms with Crippen molar-refractivity contribution < 1.29 is 28.0 Å². The van der Waals surface area contributed by atoms with Crippen molar-refractivity contribution in [3.8, 4) is 23.4 Å². The molecule has 0 atom stereocenters. The number of unbranched alkanes of at least 4 members (excludes halogenated alkanes) is 1. The molecule has 264 valence electrons. The van der Waals surface area contributed by atoms with Crippen LogP contribution in [-0.2, 0) is 9.53 Å². The van der Waals surface area contributed by atoms with Crippen LogP contribution in [0.15, 0.2) is 38.0 Å². The second-order valence-corrected chi connectivity index (χ2v) is 25.6. The fourth-order valence-electron chi connectivity index (χ4n) is 6.34. The summed E-state index contributed by atoms with van der Waals surface area (Å²) >= 11 is 3.12. The summed E-state index contributed by atoms with van der Waals surface area (Å²) in [5.41, 5.74) is 11.5. The number of hydrogen-bond donors (Lipinski definition) is 0. The van der Waals surface area contributed by atoms with Crippen molar-refractivity contribution in [3.05, 3.63) is 46.2 Å². The lowest BCUT2D eigenvalue weighted by molar-refractivity contribution is -0.141. The lowest BCUT2D eigenvalue weighted by atomic mass is 10.3. The van der Waals surface area contributed by atoms with Crippen LogP contribution in [-0.4, -0.2) is 41.3 Å². The van der Waals surface area contributed by atoms with Crippen molar-refractivity contribution in [2.45, 2.75) is 143 Å². The normalized spacial score (nSPS) is 11.1. The van der Waals surface area contributed by atoms with Crippen molar-refractivity contribution in [1.29, 1.82) is 0 Å². The molecule has 2 aromatic rings. The lowest BCUT2D eigenvalue weighted by Crippen LogP contribution is -2.43. The van der Waals surface area contributed by atoms with Crippen molar-refractivity contribution in [2.24, 2.45) is 0 Å². The zero-order chi connectivity index (χ0) is 37.0. The van der Waals surface area contributed by atoms with Gasteiger partial charge in [0, 0.05) is 19.1 Å². The third kappa shape index (κ3) is 15.4. The highest BCUT2D eigenvalue weighted by Crippen LogP contribution is 2.41. The smallest absolute Gasteiger partial charge is 0.302 e. The lowest BCUT2D eigenvalue weighted by Gasteiger charge is -2.38. The summed E-state index contributed by atoms with van der Waals surface area (Å²) in [6, 6.07) is 3.31. The number of rotatable bonds is 11. The van der Waals surface area contributed by atoms with Gasteiger partial charge in [0.05, 0.1) is 16.6 Å². The van der Waals surface area contributed by atoms with E-state index in [1.165, 1.54) is 13.2 Å². The second-order valence-electron chi connectivity index (χ2n) is 13.5. The van der Waals surface area contributed by atoms with Gasteiger partial charge in [0.15, 0.2) is 24.1 Å². The van der Waals surface area contributed by atoms with Gasteiger partial charge >= 0.3 is 5.97 Å². The van der Waals surface area contributed by atoms with Gasteiger partial charge in [-0.05, 0) is 55.6 Å². The van der Waals surface area contributed by atoms with Crippen LogP contribution in [0.25, 0.3) is 0 Å². The Morgan fingerprint density at radius 2 is 1.23 bits per heavy atom. The first-order chi connectivity index (χ1) is 21.8. The summed E-state index contributed by atoms with van der Waals surface area (Å²) in [5, 5.41) is 0. The van der Waals surface area contributed by atoms with Crippen LogP contribution in [0.1, 0.15) is 136 Å². The molecule has 0 unspecified atom stereocenters. The molecule has 0 aliphatic rings. The van der Waals surface area contributed by atoms with Crippen LogP contribution >= 0.6 is 15.9 Å². The Bertz CT molecular complexity index is 1240. The van der Waals surface area contributed by atoms with Gasteiger partial charge in [0.25, 0.3) is 0 Å². The van der Waals surface area contributed by atoms with E-state index in [1.807, 2.05) is 0 Å². The van der Waals surface area contributed by atoms with E-state index in [0.717, 1.165) is 22.9 Å². The number of esters is 1. The van der Waals surface area contributed by atoms with Crippen molar-refractivity contribution in [1.82, 2.24) is 0 Å². The van der Waals surface area contributed by atoms with E-state index in [9.17, 15) is 14.4 Å². The van der Waals surface area contributed by atoms with Crippen molar-refractivity contribution in [3.63, 3.8) is 0 Å². The highest BCUT2D eigenvalue weighted by atomic mass is 79.9. The molecule has 0 radical (unpaired) electrons. The Kier molecular flexibility index (Phi) is 23.4. The van der Waals surface area contributed by atoms with Crippen LogP contribution in [0.2, 0.25) is 33.2 Å². The van der Waals surface area contributed by atoms with Gasteiger partial charge in [0.2, 0.25) is 0 Å². The molecule has 0 fully saturated rings. The third-order valence-corrected chi connectivity index (χ3v) is 21.6. The SMILES string of the molecule is C#C[Si](C(C)C)(C(C)C)C(C)C.CC(C)[Si](C#Cc1coc(C=O)c1)(C(C)C)C(C)C.CCCCOC(C)=O.O=Cc1cc(Br)co1. The van der Waals surface area contributed by atoms with Crippen LogP contribution < -0.4 is 0 Å². The van der Waals surface area contributed by atoms with Gasteiger partial charge in [-0.15, -0.1) is 17.5 Å². The number of ether oxygens (including phenoxy) is 1. The van der Waals surface area contributed by atoms with Gasteiger partial charge in [-0.25, -0.2) is 0 Å². The highest BCUT2D eigenvalue weighted by Gasteiger charge is 2.42. The maximum atomic E-state index is 10.6. The average molecular weight is 750 g/mol. The molecule has 0 aromatic carbocycles. The first-order valence-corrected chi connectivity index (χ1v) is 22.0. The molecule has 6 nitrogen and oxygen atoms in total. The molecule has 0 spiro atoms. The van der Waals surface area contributed by atoms with Crippen LogP contribution in [0.3, 0.4) is 0 Å². The van der Waals surface area contributed by atoms with Gasteiger partial charge in [-0.3, -0.25) is 14.4 Å². The molecule has 0 aliphatic carbocycles. The Labute approximate surface area is 296 Å². The summed E-state index contributed by atoms with van der Waals surface area (Å²) in [6.45, 7) is 31.5. The predicted molar refractivity (Wildman–Crippen MR) is 205 cm³/mol. The first kappa shape index (κ1) is 46.5. The van der Waals surface area contributed by atoms with E-state index in [-0.39, 0.29) is 5.97 Å². The summed E-state index contributed by atoms with van der Waals surface area (Å²) in [4.78, 5) is 30.6. The number of carbonyl (C=O) groups is 3. The molecule has 0 saturated carbocycles. The monoisotopic (exact) mass is 748 g/mol. The minimum absolute atomic E-state index is 0.182.